The predicted molar refractivity (Wildman–Crippen MR) is 106 cm³/mol. The average Bonchev–Trinajstić information content (AvgIpc) is 3.50. The highest BCUT2D eigenvalue weighted by Crippen LogP contribution is 2.40. The van der Waals surface area contributed by atoms with Gasteiger partial charge in [0.15, 0.2) is 0 Å². The minimum atomic E-state index is 0.00251. The van der Waals surface area contributed by atoms with Crippen molar-refractivity contribution < 1.29 is 14.3 Å². The summed E-state index contributed by atoms with van der Waals surface area (Å²) in [5, 5.41) is 0. The highest BCUT2D eigenvalue weighted by Gasteiger charge is 2.45. The molecule has 2 aliphatic rings. The van der Waals surface area contributed by atoms with Gasteiger partial charge >= 0.3 is 5.97 Å². The molecule has 0 bridgehead atoms. The molecule has 3 heteroatoms. The van der Waals surface area contributed by atoms with Crippen LogP contribution in [0.4, 0.5) is 0 Å². The number of carbonyl (C=O) groups excluding carboxylic acids is 1. The molecular formula is C24H28O3. The van der Waals surface area contributed by atoms with Gasteiger partial charge in [-0.3, -0.25) is 4.79 Å². The van der Waals surface area contributed by atoms with E-state index in [-0.39, 0.29) is 18.0 Å². The van der Waals surface area contributed by atoms with Crippen LogP contribution in [0, 0.1) is 11.8 Å². The monoisotopic (exact) mass is 364 g/mol. The normalized spacial score (nSPS) is 22.4. The summed E-state index contributed by atoms with van der Waals surface area (Å²) in [6.07, 6.45) is 6.82. The Bertz CT molecular complexity index is 732. The molecule has 0 radical (unpaired) electrons. The smallest absolute Gasteiger partial charge is 0.309 e. The van der Waals surface area contributed by atoms with Gasteiger partial charge in [0.1, 0.15) is 6.10 Å². The number of esters is 1. The van der Waals surface area contributed by atoms with E-state index in [9.17, 15) is 4.79 Å². The number of ether oxygens (including phenoxy) is 2. The Morgan fingerprint density at radius 1 is 0.889 bits per heavy atom. The van der Waals surface area contributed by atoms with Gasteiger partial charge in [-0.15, -0.1) is 0 Å². The van der Waals surface area contributed by atoms with Gasteiger partial charge in [-0.2, -0.15) is 0 Å². The molecule has 4 rings (SSSR count). The summed E-state index contributed by atoms with van der Waals surface area (Å²) in [5.74, 6) is 0.403. The molecule has 0 spiro atoms. The molecule has 0 amide bonds. The van der Waals surface area contributed by atoms with Crippen molar-refractivity contribution in [3.63, 3.8) is 0 Å². The van der Waals surface area contributed by atoms with Gasteiger partial charge in [0, 0.05) is 0 Å². The van der Waals surface area contributed by atoms with Gasteiger partial charge in [-0.05, 0) is 54.7 Å². The second kappa shape index (κ2) is 8.71. The Balaban J connectivity index is 1.18. The molecule has 2 aromatic carbocycles. The number of hydrogen-bond acceptors (Lipinski definition) is 3. The van der Waals surface area contributed by atoms with E-state index in [0.29, 0.717) is 19.1 Å². The van der Waals surface area contributed by atoms with E-state index >= 15 is 0 Å². The molecule has 2 saturated carbocycles. The van der Waals surface area contributed by atoms with Crippen molar-refractivity contribution in [2.24, 2.45) is 11.8 Å². The molecule has 2 aliphatic carbocycles. The quantitative estimate of drug-likeness (QED) is 0.619. The summed E-state index contributed by atoms with van der Waals surface area (Å²) in [7, 11) is 0. The fourth-order valence-electron chi connectivity index (χ4n) is 3.91. The first-order chi connectivity index (χ1) is 13.3. The van der Waals surface area contributed by atoms with Crippen molar-refractivity contribution in [2.45, 2.75) is 51.2 Å². The molecule has 2 atom stereocenters. The van der Waals surface area contributed by atoms with E-state index in [4.69, 9.17) is 9.47 Å². The Morgan fingerprint density at radius 3 is 2.33 bits per heavy atom. The maximum Gasteiger partial charge on any atom is 0.309 e. The van der Waals surface area contributed by atoms with Crippen LogP contribution in [-0.2, 0) is 20.9 Å². The Kier molecular flexibility index (Phi) is 5.88. The summed E-state index contributed by atoms with van der Waals surface area (Å²) in [6, 6.07) is 18.9. The van der Waals surface area contributed by atoms with Crippen molar-refractivity contribution in [1.82, 2.24) is 0 Å². The molecule has 3 nitrogen and oxygen atoms in total. The van der Waals surface area contributed by atoms with Gasteiger partial charge in [0.25, 0.3) is 0 Å². The van der Waals surface area contributed by atoms with Crippen LogP contribution < -0.4 is 0 Å². The molecule has 0 aromatic heterocycles. The lowest BCUT2D eigenvalue weighted by Gasteiger charge is -2.21. The van der Waals surface area contributed by atoms with Crippen LogP contribution in [0.25, 0.3) is 11.1 Å². The molecule has 0 N–H and O–H groups in total. The lowest BCUT2D eigenvalue weighted by atomic mass is 9.98. The summed E-state index contributed by atoms with van der Waals surface area (Å²) >= 11 is 0. The SMILES string of the molecule is O=C(OC1CCCCC1)C1CC1COCc1ccc(-c2ccccc2)cc1. The fraction of sp³-hybridized carbons (Fsp3) is 0.458. The van der Waals surface area contributed by atoms with Crippen molar-refractivity contribution in [3.05, 3.63) is 60.2 Å². The fourth-order valence-corrected chi connectivity index (χ4v) is 3.91. The standard InChI is InChI=1S/C24H28O3/c25-24(27-22-9-5-2-6-10-22)23-15-21(23)17-26-16-18-11-13-20(14-12-18)19-7-3-1-4-8-19/h1,3-4,7-8,11-14,21-23H,2,5-6,9-10,15-17H2. The number of benzene rings is 2. The minimum absolute atomic E-state index is 0.00251. The van der Waals surface area contributed by atoms with E-state index in [1.165, 1.54) is 30.4 Å². The van der Waals surface area contributed by atoms with Crippen LogP contribution >= 0.6 is 0 Å². The first kappa shape index (κ1) is 18.2. The summed E-state index contributed by atoms with van der Waals surface area (Å²) in [6.45, 7) is 1.24. The van der Waals surface area contributed by atoms with E-state index in [0.717, 1.165) is 24.8 Å². The topological polar surface area (TPSA) is 35.5 Å². The highest BCUT2D eigenvalue weighted by atomic mass is 16.5. The van der Waals surface area contributed by atoms with Gasteiger partial charge in [-0.1, -0.05) is 61.0 Å². The summed E-state index contributed by atoms with van der Waals surface area (Å²) in [5.41, 5.74) is 3.60. The number of carbonyl (C=O) groups is 1. The lowest BCUT2D eigenvalue weighted by molar-refractivity contribution is -0.152. The third-order valence-electron chi connectivity index (χ3n) is 5.72. The van der Waals surface area contributed by atoms with Gasteiger partial charge < -0.3 is 9.47 Å². The van der Waals surface area contributed by atoms with Crippen molar-refractivity contribution in [3.8, 4) is 11.1 Å². The zero-order valence-electron chi connectivity index (χ0n) is 15.8. The molecule has 2 aromatic rings. The summed E-state index contributed by atoms with van der Waals surface area (Å²) < 4.78 is 11.5. The first-order valence-corrected chi connectivity index (χ1v) is 10.2. The number of hydrogen-bond donors (Lipinski definition) is 0. The second-order valence-corrected chi connectivity index (χ2v) is 7.88. The van der Waals surface area contributed by atoms with Crippen LogP contribution in [-0.4, -0.2) is 18.7 Å². The third-order valence-corrected chi connectivity index (χ3v) is 5.72. The molecular weight excluding hydrogens is 336 g/mol. The maximum atomic E-state index is 12.2. The highest BCUT2D eigenvalue weighted by molar-refractivity contribution is 5.75. The van der Waals surface area contributed by atoms with E-state index in [2.05, 4.69) is 48.5 Å². The van der Waals surface area contributed by atoms with Gasteiger partial charge in [0.2, 0.25) is 0 Å². The van der Waals surface area contributed by atoms with Crippen LogP contribution in [0.1, 0.15) is 44.1 Å². The largest absolute Gasteiger partial charge is 0.462 e. The maximum absolute atomic E-state index is 12.2. The van der Waals surface area contributed by atoms with Crippen LogP contribution in [0.2, 0.25) is 0 Å². The van der Waals surface area contributed by atoms with Crippen molar-refractivity contribution in [1.29, 1.82) is 0 Å². The average molecular weight is 364 g/mol. The van der Waals surface area contributed by atoms with E-state index in [1.807, 2.05) is 6.07 Å². The zero-order valence-corrected chi connectivity index (χ0v) is 15.8. The molecule has 0 heterocycles. The zero-order chi connectivity index (χ0) is 18.5. The van der Waals surface area contributed by atoms with E-state index < -0.39 is 0 Å². The number of rotatable bonds is 7. The van der Waals surface area contributed by atoms with Crippen molar-refractivity contribution in [2.75, 3.05) is 6.61 Å². The van der Waals surface area contributed by atoms with E-state index in [1.54, 1.807) is 0 Å². The summed E-state index contributed by atoms with van der Waals surface area (Å²) in [4.78, 5) is 12.2. The molecule has 27 heavy (non-hydrogen) atoms. The van der Waals surface area contributed by atoms with Crippen LogP contribution in [0.15, 0.2) is 54.6 Å². The first-order valence-electron chi connectivity index (χ1n) is 10.2. The Labute approximate surface area is 161 Å². The Morgan fingerprint density at radius 2 is 1.59 bits per heavy atom. The lowest BCUT2D eigenvalue weighted by Crippen LogP contribution is -2.22. The molecule has 142 valence electrons. The molecule has 2 fully saturated rings. The van der Waals surface area contributed by atoms with Gasteiger partial charge in [0.05, 0.1) is 19.1 Å². The molecule has 0 saturated heterocycles. The second-order valence-electron chi connectivity index (χ2n) is 7.88. The van der Waals surface area contributed by atoms with Crippen molar-refractivity contribution >= 4 is 5.97 Å². The third kappa shape index (κ3) is 4.98. The predicted octanol–water partition coefficient (Wildman–Crippen LogP) is 5.38. The minimum Gasteiger partial charge on any atom is -0.462 e. The van der Waals surface area contributed by atoms with Crippen LogP contribution in [0.3, 0.4) is 0 Å². The Hall–Kier alpha value is -2.13. The van der Waals surface area contributed by atoms with Crippen LogP contribution in [0.5, 0.6) is 0 Å². The van der Waals surface area contributed by atoms with Gasteiger partial charge in [-0.25, -0.2) is 0 Å². The molecule has 0 aliphatic heterocycles. The molecule has 2 unspecified atom stereocenters.